The number of nitrogens with zero attached hydrogens (tertiary/aromatic N) is 2. The lowest BCUT2D eigenvalue weighted by Crippen LogP contribution is -2.41. The zero-order valence-electron chi connectivity index (χ0n) is 10.7. The average molecular weight is 226 g/mol. The Morgan fingerprint density at radius 3 is 2.31 bits per heavy atom. The Morgan fingerprint density at radius 2 is 2.00 bits per heavy atom. The fourth-order valence-electron chi connectivity index (χ4n) is 1.61. The van der Waals surface area contributed by atoms with Crippen LogP contribution in [0.4, 0.5) is 0 Å². The Hall–Kier alpha value is -1.08. The molecule has 0 aromatic rings. The van der Waals surface area contributed by atoms with Crippen molar-refractivity contribution < 1.29 is 9.90 Å². The summed E-state index contributed by atoms with van der Waals surface area (Å²) in [5.41, 5.74) is -0.895. The zero-order chi connectivity index (χ0) is 12.8. The van der Waals surface area contributed by atoms with Crippen molar-refractivity contribution >= 4 is 5.91 Å². The number of nitriles is 1. The minimum absolute atomic E-state index is 0.138. The maximum Gasteiger partial charge on any atom is 0.242 e. The van der Waals surface area contributed by atoms with Gasteiger partial charge >= 0.3 is 0 Å². The monoisotopic (exact) mass is 226 g/mol. The highest BCUT2D eigenvalue weighted by Crippen LogP contribution is 2.27. The Labute approximate surface area is 97.9 Å². The van der Waals surface area contributed by atoms with Gasteiger partial charge in [0.1, 0.15) is 5.41 Å². The molecule has 1 atom stereocenters. The summed E-state index contributed by atoms with van der Waals surface area (Å²) in [5, 5.41) is 18.3. The molecule has 4 nitrogen and oxygen atoms in total. The maximum absolute atomic E-state index is 12.1. The quantitative estimate of drug-likeness (QED) is 0.747. The van der Waals surface area contributed by atoms with Crippen LogP contribution in [0.1, 0.15) is 40.0 Å². The SMILES string of the molecule is CCC(C#N)(CC)C(=O)N(C)CCC(C)O. The Morgan fingerprint density at radius 1 is 1.50 bits per heavy atom. The van der Waals surface area contributed by atoms with Gasteiger partial charge < -0.3 is 10.0 Å². The Kier molecular flexibility index (Phi) is 6.05. The molecule has 0 aliphatic rings. The molecule has 0 bridgehead atoms. The molecule has 0 spiro atoms. The molecular formula is C12H22N2O2. The van der Waals surface area contributed by atoms with Crippen molar-refractivity contribution in [1.29, 1.82) is 5.26 Å². The van der Waals surface area contributed by atoms with Crippen molar-refractivity contribution in [3.05, 3.63) is 0 Å². The van der Waals surface area contributed by atoms with Gasteiger partial charge in [0.2, 0.25) is 5.91 Å². The number of aliphatic hydroxyl groups is 1. The molecule has 0 heterocycles. The first-order valence-electron chi connectivity index (χ1n) is 5.78. The molecule has 0 saturated carbocycles. The number of hydrogen-bond acceptors (Lipinski definition) is 3. The summed E-state index contributed by atoms with van der Waals surface area (Å²) in [6, 6.07) is 2.13. The van der Waals surface area contributed by atoms with E-state index in [1.807, 2.05) is 13.8 Å². The first-order valence-corrected chi connectivity index (χ1v) is 5.78. The molecule has 1 N–H and O–H groups in total. The highest BCUT2D eigenvalue weighted by Gasteiger charge is 2.37. The van der Waals surface area contributed by atoms with E-state index in [1.54, 1.807) is 18.9 Å². The van der Waals surface area contributed by atoms with Crippen LogP contribution in [0.25, 0.3) is 0 Å². The van der Waals surface area contributed by atoms with E-state index in [9.17, 15) is 4.79 Å². The Bertz CT molecular complexity index is 265. The minimum Gasteiger partial charge on any atom is -0.393 e. The summed E-state index contributed by atoms with van der Waals surface area (Å²) < 4.78 is 0. The van der Waals surface area contributed by atoms with Crippen LogP contribution in [-0.2, 0) is 4.79 Å². The second-order valence-corrected chi connectivity index (χ2v) is 4.27. The third-order valence-electron chi connectivity index (χ3n) is 3.06. The molecule has 0 aromatic carbocycles. The van der Waals surface area contributed by atoms with Gasteiger partial charge in [0.25, 0.3) is 0 Å². The molecule has 4 heteroatoms. The van der Waals surface area contributed by atoms with Crippen molar-refractivity contribution in [3.8, 4) is 6.07 Å². The molecule has 0 saturated heterocycles. The van der Waals surface area contributed by atoms with Gasteiger partial charge in [-0.2, -0.15) is 5.26 Å². The van der Waals surface area contributed by atoms with E-state index in [0.717, 1.165) is 0 Å². The minimum atomic E-state index is -0.895. The van der Waals surface area contributed by atoms with Crippen molar-refractivity contribution in [3.63, 3.8) is 0 Å². The average Bonchev–Trinajstić information content (AvgIpc) is 2.28. The first kappa shape index (κ1) is 14.9. The van der Waals surface area contributed by atoms with Crippen molar-refractivity contribution in [1.82, 2.24) is 4.90 Å². The lowest BCUT2D eigenvalue weighted by molar-refractivity contribution is -0.138. The summed E-state index contributed by atoms with van der Waals surface area (Å²) >= 11 is 0. The molecule has 16 heavy (non-hydrogen) atoms. The van der Waals surface area contributed by atoms with Crippen molar-refractivity contribution in [2.75, 3.05) is 13.6 Å². The third kappa shape index (κ3) is 3.49. The van der Waals surface area contributed by atoms with E-state index in [4.69, 9.17) is 10.4 Å². The van der Waals surface area contributed by atoms with Gasteiger partial charge in [0.05, 0.1) is 12.2 Å². The second-order valence-electron chi connectivity index (χ2n) is 4.27. The van der Waals surface area contributed by atoms with E-state index in [0.29, 0.717) is 25.8 Å². The van der Waals surface area contributed by atoms with E-state index < -0.39 is 11.5 Å². The van der Waals surface area contributed by atoms with Crippen LogP contribution >= 0.6 is 0 Å². The molecule has 0 aliphatic heterocycles. The molecule has 0 fully saturated rings. The third-order valence-corrected chi connectivity index (χ3v) is 3.06. The van der Waals surface area contributed by atoms with Gasteiger partial charge in [-0.3, -0.25) is 4.79 Å². The maximum atomic E-state index is 12.1. The van der Waals surface area contributed by atoms with E-state index >= 15 is 0 Å². The standard InChI is InChI=1S/C12H22N2O2/c1-5-12(6-2,9-13)11(16)14(4)8-7-10(3)15/h10,15H,5-8H2,1-4H3. The fourth-order valence-corrected chi connectivity index (χ4v) is 1.61. The van der Waals surface area contributed by atoms with Gasteiger partial charge in [-0.15, -0.1) is 0 Å². The van der Waals surface area contributed by atoms with Crippen LogP contribution in [0.3, 0.4) is 0 Å². The zero-order valence-corrected chi connectivity index (χ0v) is 10.7. The smallest absolute Gasteiger partial charge is 0.242 e. The van der Waals surface area contributed by atoms with Gasteiger partial charge in [0, 0.05) is 13.6 Å². The van der Waals surface area contributed by atoms with Crippen LogP contribution in [0, 0.1) is 16.7 Å². The number of amides is 1. The normalized spacial score (nSPS) is 13.0. The van der Waals surface area contributed by atoms with Crippen LogP contribution in [0.2, 0.25) is 0 Å². The van der Waals surface area contributed by atoms with Gasteiger partial charge in [-0.05, 0) is 26.2 Å². The van der Waals surface area contributed by atoms with Crippen molar-refractivity contribution in [2.24, 2.45) is 5.41 Å². The predicted molar refractivity (Wildman–Crippen MR) is 62.6 cm³/mol. The lowest BCUT2D eigenvalue weighted by atomic mass is 9.82. The van der Waals surface area contributed by atoms with Crippen LogP contribution < -0.4 is 0 Å². The predicted octanol–water partition coefficient (Wildman–Crippen LogP) is 1.55. The molecule has 0 aliphatic carbocycles. The van der Waals surface area contributed by atoms with Crippen LogP contribution in [0.5, 0.6) is 0 Å². The highest BCUT2D eigenvalue weighted by molar-refractivity contribution is 5.85. The molecule has 1 unspecified atom stereocenters. The topological polar surface area (TPSA) is 64.3 Å². The summed E-state index contributed by atoms with van der Waals surface area (Å²) in [6.45, 7) is 5.88. The van der Waals surface area contributed by atoms with E-state index in [-0.39, 0.29) is 5.91 Å². The molecule has 0 radical (unpaired) electrons. The largest absolute Gasteiger partial charge is 0.393 e. The number of aliphatic hydroxyl groups excluding tert-OH is 1. The van der Waals surface area contributed by atoms with E-state index in [1.165, 1.54) is 0 Å². The number of carbonyl (C=O) groups excluding carboxylic acids is 1. The summed E-state index contributed by atoms with van der Waals surface area (Å²) in [5.74, 6) is -0.138. The van der Waals surface area contributed by atoms with Gasteiger partial charge in [-0.25, -0.2) is 0 Å². The molecular weight excluding hydrogens is 204 g/mol. The molecule has 1 amide bonds. The van der Waals surface area contributed by atoms with Gasteiger partial charge in [-0.1, -0.05) is 13.8 Å². The molecule has 0 rings (SSSR count). The number of carbonyl (C=O) groups is 1. The van der Waals surface area contributed by atoms with Crippen LogP contribution in [0.15, 0.2) is 0 Å². The fraction of sp³-hybridized carbons (Fsp3) is 0.833. The summed E-state index contributed by atoms with van der Waals surface area (Å²) in [4.78, 5) is 13.6. The highest BCUT2D eigenvalue weighted by atomic mass is 16.3. The molecule has 92 valence electrons. The van der Waals surface area contributed by atoms with Gasteiger partial charge in [0.15, 0.2) is 0 Å². The summed E-state index contributed by atoms with van der Waals surface area (Å²) in [7, 11) is 1.68. The Balaban J connectivity index is 4.58. The van der Waals surface area contributed by atoms with Crippen LogP contribution in [-0.4, -0.2) is 35.6 Å². The summed E-state index contributed by atoms with van der Waals surface area (Å²) in [6.07, 6.45) is 1.17. The number of hydrogen-bond donors (Lipinski definition) is 1. The second kappa shape index (κ2) is 6.49. The lowest BCUT2D eigenvalue weighted by Gasteiger charge is -2.28. The number of rotatable bonds is 6. The van der Waals surface area contributed by atoms with E-state index in [2.05, 4.69) is 6.07 Å². The van der Waals surface area contributed by atoms with Crippen molar-refractivity contribution in [2.45, 2.75) is 46.1 Å². The molecule has 0 aromatic heterocycles. The first-order chi connectivity index (χ1) is 7.43.